The van der Waals surface area contributed by atoms with Crippen molar-refractivity contribution < 1.29 is 4.42 Å². The van der Waals surface area contributed by atoms with Crippen LogP contribution in [0.3, 0.4) is 0 Å². The minimum absolute atomic E-state index is 0.587. The maximum atomic E-state index is 5.18. The number of likely N-dealkylation sites (tertiary alicyclic amines) is 2. The van der Waals surface area contributed by atoms with Crippen LogP contribution in [-0.2, 0) is 13.1 Å². The lowest BCUT2D eigenvalue weighted by Gasteiger charge is -2.39. The van der Waals surface area contributed by atoms with Gasteiger partial charge in [-0.05, 0) is 61.8 Å². The molecule has 3 nitrogen and oxygen atoms in total. The van der Waals surface area contributed by atoms with E-state index in [2.05, 4.69) is 33.4 Å². The first-order chi connectivity index (χ1) is 10.8. The third kappa shape index (κ3) is 3.14. The Kier molecular flexibility index (Phi) is 4.07. The Labute approximate surface area is 136 Å². The molecule has 4 rings (SSSR count). The van der Waals surface area contributed by atoms with Crippen molar-refractivity contribution in [2.45, 2.75) is 32.4 Å². The normalized spacial score (nSPS) is 22.5. The van der Waals surface area contributed by atoms with E-state index >= 15 is 0 Å². The third-order valence-corrected chi connectivity index (χ3v) is 6.24. The zero-order chi connectivity index (χ0) is 14.8. The van der Waals surface area contributed by atoms with E-state index in [9.17, 15) is 0 Å². The van der Waals surface area contributed by atoms with Crippen LogP contribution in [0, 0.1) is 5.41 Å². The van der Waals surface area contributed by atoms with E-state index in [0.29, 0.717) is 5.41 Å². The van der Waals surface area contributed by atoms with Crippen LogP contribution >= 0.6 is 11.3 Å². The van der Waals surface area contributed by atoms with Crippen LogP contribution < -0.4 is 0 Å². The number of piperidine rings is 1. The van der Waals surface area contributed by atoms with Gasteiger partial charge in [-0.2, -0.15) is 0 Å². The van der Waals surface area contributed by atoms with Crippen molar-refractivity contribution in [3.63, 3.8) is 0 Å². The minimum Gasteiger partial charge on any atom is -0.472 e. The molecule has 0 unspecified atom stereocenters. The molecule has 0 amide bonds. The molecule has 1 spiro atoms. The van der Waals surface area contributed by atoms with Crippen LogP contribution in [-0.4, -0.2) is 36.0 Å². The molecule has 2 aromatic heterocycles. The largest absolute Gasteiger partial charge is 0.472 e. The predicted octanol–water partition coefficient (Wildman–Crippen LogP) is 3.83. The summed E-state index contributed by atoms with van der Waals surface area (Å²) in [5, 5.41) is 2.19. The first-order valence-corrected chi connectivity index (χ1v) is 9.18. The van der Waals surface area contributed by atoms with E-state index in [1.165, 1.54) is 55.9 Å². The highest BCUT2D eigenvalue weighted by molar-refractivity contribution is 7.09. The van der Waals surface area contributed by atoms with Crippen LogP contribution in [0.25, 0.3) is 0 Å². The summed E-state index contributed by atoms with van der Waals surface area (Å²) in [5.74, 6) is 0. The van der Waals surface area contributed by atoms with Crippen LogP contribution in [0.5, 0.6) is 0 Å². The summed E-state index contributed by atoms with van der Waals surface area (Å²) in [5.41, 5.74) is 1.89. The molecular formula is C18H24N2OS. The van der Waals surface area contributed by atoms with Crippen molar-refractivity contribution in [3.8, 4) is 0 Å². The average molecular weight is 316 g/mol. The van der Waals surface area contributed by atoms with Gasteiger partial charge in [0.2, 0.25) is 0 Å². The van der Waals surface area contributed by atoms with Crippen molar-refractivity contribution in [2.75, 3.05) is 26.2 Å². The van der Waals surface area contributed by atoms with Gasteiger partial charge in [0.1, 0.15) is 0 Å². The molecule has 0 bridgehead atoms. The second kappa shape index (κ2) is 6.19. The minimum atomic E-state index is 0.587. The molecule has 2 aromatic rings. The Morgan fingerprint density at radius 1 is 1.05 bits per heavy atom. The Morgan fingerprint density at radius 3 is 2.55 bits per heavy atom. The van der Waals surface area contributed by atoms with Crippen LogP contribution in [0.2, 0.25) is 0 Å². The van der Waals surface area contributed by atoms with Gasteiger partial charge in [0.05, 0.1) is 12.5 Å². The van der Waals surface area contributed by atoms with E-state index < -0.39 is 0 Å². The summed E-state index contributed by atoms with van der Waals surface area (Å²) >= 11 is 1.89. The fourth-order valence-electron chi connectivity index (χ4n) is 4.02. The Balaban J connectivity index is 1.29. The molecule has 2 aliphatic rings. The molecule has 4 heterocycles. The second-order valence-electron chi connectivity index (χ2n) is 6.95. The summed E-state index contributed by atoms with van der Waals surface area (Å²) in [6, 6.07) is 6.52. The number of thiophene rings is 1. The summed E-state index contributed by atoms with van der Waals surface area (Å²) in [6.07, 6.45) is 7.75. The summed E-state index contributed by atoms with van der Waals surface area (Å²) in [7, 11) is 0. The molecule has 118 valence electrons. The fourth-order valence-corrected chi connectivity index (χ4v) is 4.77. The van der Waals surface area contributed by atoms with Gasteiger partial charge < -0.3 is 4.42 Å². The number of rotatable bonds is 4. The van der Waals surface area contributed by atoms with Gasteiger partial charge in [-0.25, -0.2) is 0 Å². The first kappa shape index (κ1) is 14.5. The molecule has 0 N–H and O–H groups in total. The predicted molar refractivity (Wildman–Crippen MR) is 89.9 cm³/mol. The molecule has 0 aromatic carbocycles. The molecule has 0 atom stereocenters. The number of hydrogen-bond acceptors (Lipinski definition) is 4. The highest BCUT2D eigenvalue weighted by Crippen LogP contribution is 2.41. The van der Waals surface area contributed by atoms with Crippen LogP contribution in [0.15, 0.2) is 40.5 Å². The van der Waals surface area contributed by atoms with E-state index in [-0.39, 0.29) is 0 Å². The topological polar surface area (TPSA) is 19.6 Å². The highest BCUT2D eigenvalue weighted by atomic mass is 32.1. The monoisotopic (exact) mass is 316 g/mol. The van der Waals surface area contributed by atoms with Gasteiger partial charge in [-0.1, -0.05) is 6.07 Å². The van der Waals surface area contributed by atoms with Crippen molar-refractivity contribution in [1.82, 2.24) is 9.80 Å². The second-order valence-corrected chi connectivity index (χ2v) is 7.98. The van der Waals surface area contributed by atoms with Gasteiger partial charge in [0, 0.05) is 30.1 Å². The maximum absolute atomic E-state index is 5.18. The quantitative estimate of drug-likeness (QED) is 0.855. The lowest BCUT2D eigenvalue weighted by molar-refractivity contribution is 0.102. The zero-order valence-electron chi connectivity index (χ0n) is 13.0. The van der Waals surface area contributed by atoms with E-state index in [4.69, 9.17) is 4.42 Å². The molecule has 2 fully saturated rings. The maximum Gasteiger partial charge on any atom is 0.0947 e. The molecule has 0 saturated carbocycles. The number of hydrogen-bond donors (Lipinski definition) is 0. The standard InChI is InChI=1S/C18H24N2OS/c1-2-17(22-11-1)13-20-9-6-18(15-20)4-7-19(8-5-18)12-16-3-10-21-14-16/h1-3,10-11,14H,4-9,12-13,15H2. The summed E-state index contributed by atoms with van der Waals surface area (Å²) in [4.78, 5) is 6.75. The van der Waals surface area contributed by atoms with Crippen LogP contribution in [0.1, 0.15) is 29.7 Å². The SMILES string of the molecule is c1csc(CN2CCC3(CCN(Cc4ccoc4)CC3)C2)c1. The van der Waals surface area contributed by atoms with E-state index in [1.54, 1.807) is 6.26 Å². The summed E-state index contributed by atoms with van der Waals surface area (Å²) < 4.78 is 5.18. The van der Waals surface area contributed by atoms with Gasteiger partial charge in [-0.3, -0.25) is 9.80 Å². The van der Waals surface area contributed by atoms with Crippen LogP contribution in [0.4, 0.5) is 0 Å². The molecule has 2 aliphatic heterocycles. The lowest BCUT2D eigenvalue weighted by Crippen LogP contribution is -2.41. The van der Waals surface area contributed by atoms with E-state index in [0.717, 1.165) is 13.1 Å². The number of nitrogens with zero attached hydrogens (tertiary/aromatic N) is 2. The van der Waals surface area contributed by atoms with Gasteiger partial charge in [0.25, 0.3) is 0 Å². The molecule has 22 heavy (non-hydrogen) atoms. The van der Waals surface area contributed by atoms with Crippen molar-refractivity contribution in [3.05, 3.63) is 46.5 Å². The summed E-state index contributed by atoms with van der Waals surface area (Å²) in [6.45, 7) is 7.24. The molecule has 4 heteroatoms. The van der Waals surface area contributed by atoms with Crippen molar-refractivity contribution in [2.24, 2.45) is 5.41 Å². The average Bonchev–Trinajstić information content (AvgIpc) is 3.26. The lowest BCUT2D eigenvalue weighted by atomic mass is 9.78. The molecule has 0 radical (unpaired) electrons. The number of furan rings is 1. The van der Waals surface area contributed by atoms with Crippen molar-refractivity contribution >= 4 is 11.3 Å². The Hall–Kier alpha value is -1.10. The molecule has 0 aliphatic carbocycles. The van der Waals surface area contributed by atoms with Gasteiger partial charge in [-0.15, -0.1) is 11.3 Å². The molecular weight excluding hydrogens is 292 g/mol. The highest BCUT2D eigenvalue weighted by Gasteiger charge is 2.40. The Bertz CT molecular complexity index is 570. The smallest absolute Gasteiger partial charge is 0.0947 e. The zero-order valence-corrected chi connectivity index (χ0v) is 13.9. The van der Waals surface area contributed by atoms with E-state index in [1.807, 2.05) is 17.6 Å². The van der Waals surface area contributed by atoms with Gasteiger partial charge >= 0.3 is 0 Å². The van der Waals surface area contributed by atoms with Crippen molar-refractivity contribution in [1.29, 1.82) is 0 Å². The Morgan fingerprint density at radius 2 is 1.86 bits per heavy atom. The van der Waals surface area contributed by atoms with Gasteiger partial charge in [0.15, 0.2) is 0 Å². The first-order valence-electron chi connectivity index (χ1n) is 8.30. The fraction of sp³-hybridized carbons (Fsp3) is 0.556. The molecule has 2 saturated heterocycles. The third-order valence-electron chi connectivity index (χ3n) is 5.38.